The fraction of sp³-hybridized carbons (Fsp3) is 0.350. The molecule has 1 atom stereocenters. The molecule has 3 heterocycles. The van der Waals surface area contributed by atoms with Gasteiger partial charge in [0, 0.05) is 30.9 Å². The Bertz CT molecular complexity index is 914. The largest absolute Gasteiger partial charge is 0.471 e. The average Bonchev–Trinajstić information content (AvgIpc) is 3.06. The van der Waals surface area contributed by atoms with E-state index in [1.807, 2.05) is 30.3 Å². The summed E-state index contributed by atoms with van der Waals surface area (Å²) in [7, 11) is 0. The Morgan fingerprint density at radius 2 is 1.83 bits per heavy atom. The van der Waals surface area contributed by atoms with E-state index in [0.29, 0.717) is 6.54 Å². The second-order valence-electron chi connectivity index (χ2n) is 7.10. The van der Waals surface area contributed by atoms with Crippen molar-refractivity contribution in [3.8, 4) is 5.88 Å². The quantitative estimate of drug-likeness (QED) is 0.785. The van der Waals surface area contributed by atoms with Crippen LogP contribution in [0.5, 0.6) is 5.88 Å². The van der Waals surface area contributed by atoms with Crippen molar-refractivity contribution in [3.63, 3.8) is 0 Å². The topological polar surface area (TPSA) is 62.7 Å². The first-order valence-electron chi connectivity index (χ1n) is 9.15. The number of nitrogens with zero attached hydrogens (tertiary/aromatic N) is 3. The van der Waals surface area contributed by atoms with Gasteiger partial charge in [-0.25, -0.2) is 4.98 Å². The molecule has 1 aromatic carbocycles. The van der Waals surface area contributed by atoms with Gasteiger partial charge < -0.3 is 14.5 Å². The minimum atomic E-state index is -4.47. The lowest BCUT2D eigenvalue weighted by molar-refractivity contribution is -0.144. The van der Waals surface area contributed by atoms with Gasteiger partial charge in [0.1, 0.15) is 6.10 Å². The molecule has 2 amide bonds. The molecule has 6 nitrogen and oxygen atoms in total. The van der Waals surface area contributed by atoms with Crippen molar-refractivity contribution in [2.45, 2.75) is 18.7 Å². The number of carbonyl (C=O) groups excluding carboxylic acids is 2. The first kappa shape index (κ1) is 19.2. The lowest BCUT2D eigenvalue weighted by atomic mass is 10.0. The Hall–Kier alpha value is -3.10. The number of carbonyl (C=O) groups is 2. The fourth-order valence-electron chi connectivity index (χ4n) is 3.50. The number of halogens is 3. The molecule has 2 aromatic rings. The molecule has 4 rings (SSSR count). The summed E-state index contributed by atoms with van der Waals surface area (Å²) in [6, 6.07) is 10.9. The molecule has 2 aliphatic heterocycles. The van der Waals surface area contributed by atoms with Crippen LogP contribution in [-0.2, 0) is 15.8 Å². The lowest BCUT2D eigenvalue weighted by Crippen LogP contribution is -2.57. The highest BCUT2D eigenvalue weighted by Crippen LogP contribution is 2.31. The molecule has 0 spiro atoms. The van der Waals surface area contributed by atoms with Crippen molar-refractivity contribution < 1.29 is 27.5 Å². The third-order valence-electron chi connectivity index (χ3n) is 5.05. The summed E-state index contributed by atoms with van der Waals surface area (Å²) in [5.41, 5.74) is -0.0755. The molecular weight excluding hydrogens is 387 g/mol. The normalized spacial score (nSPS) is 20.0. The molecule has 152 valence electrons. The monoisotopic (exact) mass is 405 g/mol. The number of aromatic nitrogens is 1. The van der Waals surface area contributed by atoms with Crippen molar-refractivity contribution in [2.75, 3.05) is 24.5 Å². The Morgan fingerprint density at radius 1 is 1.10 bits per heavy atom. The molecule has 0 aliphatic carbocycles. The number of pyridine rings is 1. The third kappa shape index (κ3) is 4.03. The van der Waals surface area contributed by atoms with E-state index in [1.54, 1.807) is 9.80 Å². The zero-order chi connectivity index (χ0) is 20.6. The molecule has 9 heteroatoms. The highest BCUT2D eigenvalue weighted by Gasteiger charge is 2.41. The van der Waals surface area contributed by atoms with E-state index >= 15 is 0 Å². The number of para-hydroxylation sites is 1. The molecule has 0 radical (unpaired) electrons. The number of amides is 2. The van der Waals surface area contributed by atoms with Crippen LogP contribution in [0.3, 0.4) is 0 Å². The minimum Gasteiger partial charge on any atom is -0.471 e. The Labute approximate surface area is 164 Å². The molecule has 2 fully saturated rings. The first-order chi connectivity index (χ1) is 13.8. The number of anilines is 1. The van der Waals surface area contributed by atoms with Crippen LogP contribution in [0.1, 0.15) is 12.0 Å². The molecule has 2 aliphatic rings. The highest BCUT2D eigenvalue weighted by atomic mass is 19.4. The molecule has 0 N–H and O–H groups in total. The van der Waals surface area contributed by atoms with Gasteiger partial charge >= 0.3 is 6.18 Å². The van der Waals surface area contributed by atoms with Crippen molar-refractivity contribution in [3.05, 3.63) is 54.2 Å². The third-order valence-corrected chi connectivity index (χ3v) is 5.05. The maximum atomic E-state index is 12.8. The van der Waals surface area contributed by atoms with E-state index in [4.69, 9.17) is 4.74 Å². The number of hydrogen-bond acceptors (Lipinski definition) is 4. The smallest absolute Gasteiger partial charge is 0.416 e. The number of rotatable bonds is 4. The molecule has 0 bridgehead atoms. The number of ether oxygens (including phenoxy) is 1. The van der Waals surface area contributed by atoms with Gasteiger partial charge in [-0.2, -0.15) is 13.2 Å². The van der Waals surface area contributed by atoms with Crippen LogP contribution in [0.4, 0.5) is 18.9 Å². The zero-order valence-corrected chi connectivity index (χ0v) is 15.3. The number of likely N-dealkylation sites (tertiary alicyclic amines) is 1. The predicted molar refractivity (Wildman–Crippen MR) is 97.1 cm³/mol. The van der Waals surface area contributed by atoms with Gasteiger partial charge in [-0.15, -0.1) is 0 Å². The fourth-order valence-corrected chi connectivity index (χ4v) is 3.50. The summed E-state index contributed by atoms with van der Waals surface area (Å²) >= 11 is 0. The molecule has 1 unspecified atom stereocenters. The molecular formula is C20H18F3N3O3. The Morgan fingerprint density at radius 3 is 2.52 bits per heavy atom. The number of hydrogen-bond donors (Lipinski definition) is 0. The van der Waals surface area contributed by atoms with Crippen molar-refractivity contribution in [1.29, 1.82) is 0 Å². The summed E-state index contributed by atoms with van der Waals surface area (Å²) in [6.45, 7) is 0.832. The van der Waals surface area contributed by atoms with Crippen LogP contribution in [0, 0.1) is 5.92 Å². The molecule has 2 saturated heterocycles. The van der Waals surface area contributed by atoms with Gasteiger partial charge in [0.2, 0.25) is 17.7 Å². The Kier molecular flexibility index (Phi) is 4.89. The Balaban J connectivity index is 1.31. The second-order valence-corrected chi connectivity index (χ2v) is 7.10. The van der Waals surface area contributed by atoms with Gasteiger partial charge in [-0.05, 0) is 18.2 Å². The zero-order valence-electron chi connectivity index (χ0n) is 15.3. The summed E-state index contributed by atoms with van der Waals surface area (Å²) in [5, 5.41) is 0. The summed E-state index contributed by atoms with van der Waals surface area (Å²) < 4.78 is 43.7. The van der Waals surface area contributed by atoms with Crippen molar-refractivity contribution >= 4 is 17.5 Å². The van der Waals surface area contributed by atoms with Gasteiger partial charge in [0.05, 0.1) is 24.6 Å². The first-order valence-corrected chi connectivity index (χ1v) is 9.15. The SMILES string of the molecule is O=C(C1CC(=O)N(c2ccccc2)C1)N1CC(Oc2cc(C(F)(F)F)ccn2)C1. The summed E-state index contributed by atoms with van der Waals surface area (Å²) in [6.07, 6.45) is -3.70. The van der Waals surface area contributed by atoms with E-state index in [1.165, 1.54) is 0 Å². The van der Waals surface area contributed by atoms with Gasteiger partial charge in [0.25, 0.3) is 0 Å². The molecule has 29 heavy (non-hydrogen) atoms. The van der Waals surface area contributed by atoms with Gasteiger partial charge in [0.15, 0.2) is 0 Å². The second kappa shape index (κ2) is 7.38. The number of alkyl halides is 3. The van der Waals surface area contributed by atoms with Gasteiger partial charge in [-0.3, -0.25) is 9.59 Å². The maximum absolute atomic E-state index is 12.8. The summed E-state index contributed by atoms with van der Waals surface area (Å²) in [4.78, 5) is 31.9. The van der Waals surface area contributed by atoms with E-state index in [-0.39, 0.29) is 37.2 Å². The van der Waals surface area contributed by atoms with Crippen LogP contribution >= 0.6 is 0 Å². The van der Waals surface area contributed by atoms with Crippen molar-refractivity contribution in [1.82, 2.24) is 9.88 Å². The summed E-state index contributed by atoms with van der Waals surface area (Å²) in [5.74, 6) is -0.803. The standard InChI is InChI=1S/C20H18F3N3O3/c21-20(22,23)14-6-7-24-17(9-14)29-16-11-25(12-16)19(28)13-8-18(27)26(10-13)15-4-2-1-3-5-15/h1-7,9,13,16H,8,10-12H2. The van der Waals surface area contributed by atoms with Crippen LogP contribution in [-0.4, -0.2) is 47.4 Å². The van der Waals surface area contributed by atoms with Crippen LogP contribution < -0.4 is 9.64 Å². The molecule has 1 aromatic heterocycles. The van der Waals surface area contributed by atoms with Crippen LogP contribution in [0.25, 0.3) is 0 Å². The van der Waals surface area contributed by atoms with Crippen LogP contribution in [0.15, 0.2) is 48.7 Å². The predicted octanol–water partition coefficient (Wildman–Crippen LogP) is 2.74. The van der Waals surface area contributed by atoms with E-state index in [9.17, 15) is 22.8 Å². The maximum Gasteiger partial charge on any atom is 0.416 e. The highest BCUT2D eigenvalue weighted by molar-refractivity contribution is 6.00. The number of benzene rings is 1. The van der Waals surface area contributed by atoms with Crippen molar-refractivity contribution in [2.24, 2.45) is 5.92 Å². The van der Waals surface area contributed by atoms with E-state index in [2.05, 4.69) is 4.98 Å². The minimum absolute atomic E-state index is 0.101. The van der Waals surface area contributed by atoms with Crippen LogP contribution in [0.2, 0.25) is 0 Å². The van der Waals surface area contributed by atoms with E-state index in [0.717, 1.165) is 24.0 Å². The molecule has 0 saturated carbocycles. The average molecular weight is 405 g/mol. The lowest BCUT2D eigenvalue weighted by Gasteiger charge is -2.39. The van der Waals surface area contributed by atoms with Gasteiger partial charge in [-0.1, -0.05) is 18.2 Å². The van der Waals surface area contributed by atoms with E-state index < -0.39 is 23.8 Å².